The molecule has 2 heteroatoms. The molecule has 0 unspecified atom stereocenters. The Hall–Kier alpha value is -1.28. The minimum absolute atomic E-state index is 0.132. The molecule has 3 rings (SSSR count). The molecule has 2 heterocycles. The maximum Gasteiger partial charge on any atom is 0.0841 e. The second kappa shape index (κ2) is 3.36. The summed E-state index contributed by atoms with van der Waals surface area (Å²) in [5.74, 6) is 0. The van der Waals surface area contributed by atoms with Crippen LogP contribution in [0.3, 0.4) is 0 Å². The lowest BCUT2D eigenvalue weighted by atomic mass is 9.93. The first-order valence-corrected chi connectivity index (χ1v) is 6.24. The number of fused-ring (bicyclic) bond motifs is 3. The molecule has 1 aromatic carbocycles. The first-order valence-electron chi connectivity index (χ1n) is 5.42. The largest absolute Gasteiger partial charge is 0.255 e. The number of hydrogen-bond acceptors (Lipinski definition) is 2. The van der Waals surface area contributed by atoms with Crippen molar-refractivity contribution in [2.24, 2.45) is 0 Å². The summed E-state index contributed by atoms with van der Waals surface area (Å²) in [6.45, 7) is 4.54. The molecule has 0 N–H and O–H groups in total. The fourth-order valence-corrected chi connectivity index (χ4v) is 3.46. The van der Waals surface area contributed by atoms with E-state index < -0.39 is 0 Å². The summed E-state index contributed by atoms with van der Waals surface area (Å²) in [6, 6.07) is 12.7. The zero-order valence-corrected chi connectivity index (χ0v) is 10.2. The molecule has 0 fully saturated rings. The molecule has 0 spiro atoms. The van der Waals surface area contributed by atoms with Crippen LogP contribution in [0.2, 0.25) is 0 Å². The van der Waals surface area contributed by atoms with E-state index >= 15 is 0 Å². The predicted octanol–water partition coefficient (Wildman–Crippen LogP) is 4.09. The van der Waals surface area contributed by atoms with Crippen LogP contribution >= 0.6 is 11.8 Å². The molecule has 0 aliphatic carbocycles. The van der Waals surface area contributed by atoms with Gasteiger partial charge in [-0.15, -0.1) is 11.8 Å². The van der Waals surface area contributed by atoms with Crippen LogP contribution in [0.4, 0.5) is 0 Å². The fourth-order valence-electron chi connectivity index (χ4n) is 2.22. The molecule has 2 aromatic rings. The Balaban J connectivity index is 2.33. The van der Waals surface area contributed by atoms with Crippen molar-refractivity contribution < 1.29 is 0 Å². The van der Waals surface area contributed by atoms with Crippen LogP contribution in [0, 0.1) is 0 Å². The molecule has 0 radical (unpaired) electrons. The maximum atomic E-state index is 4.51. The maximum absolute atomic E-state index is 4.51. The highest BCUT2D eigenvalue weighted by Crippen LogP contribution is 2.51. The van der Waals surface area contributed by atoms with Gasteiger partial charge in [-0.2, -0.15) is 0 Å². The standard InChI is InChI=1S/C14H13NS/c1-14(2)11-7-4-3-6-10(11)13-12(16-14)8-5-9-15-13/h3-9H,1-2H3. The summed E-state index contributed by atoms with van der Waals surface area (Å²) in [5.41, 5.74) is 3.79. The van der Waals surface area contributed by atoms with Crippen molar-refractivity contribution in [1.29, 1.82) is 0 Å². The number of nitrogens with zero attached hydrogens (tertiary/aromatic N) is 1. The second-order valence-corrected chi connectivity index (χ2v) is 6.17. The normalized spacial score (nSPS) is 16.4. The van der Waals surface area contributed by atoms with Crippen LogP contribution < -0.4 is 0 Å². The third kappa shape index (κ3) is 1.37. The molecule has 1 nitrogen and oxygen atoms in total. The summed E-state index contributed by atoms with van der Waals surface area (Å²) in [7, 11) is 0. The Kier molecular flexibility index (Phi) is 2.08. The molecule has 1 aliphatic rings. The molecule has 0 amide bonds. The zero-order chi connectivity index (χ0) is 11.2. The molecule has 80 valence electrons. The lowest BCUT2D eigenvalue weighted by molar-refractivity contribution is 0.776. The molecule has 1 aliphatic heterocycles. The van der Waals surface area contributed by atoms with Gasteiger partial charge < -0.3 is 0 Å². The van der Waals surface area contributed by atoms with Crippen LogP contribution in [-0.4, -0.2) is 4.98 Å². The summed E-state index contributed by atoms with van der Waals surface area (Å²) >= 11 is 1.89. The summed E-state index contributed by atoms with van der Waals surface area (Å²) in [5, 5.41) is 0. The van der Waals surface area contributed by atoms with Gasteiger partial charge in [0.15, 0.2) is 0 Å². The van der Waals surface area contributed by atoms with Gasteiger partial charge in [-0.25, -0.2) is 0 Å². The topological polar surface area (TPSA) is 12.9 Å². The van der Waals surface area contributed by atoms with E-state index in [1.165, 1.54) is 16.0 Å². The highest BCUT2D eigenvalue weighted by molar-refractivity contribution is 8.00. The van der Waals surface area contributed by atoms with Gasteiger partial charge in [0.05, 0.1) is 5.69 Å². The number of rotatable bonds is 0. The number of thioether (sulfide) groups is 1. The van der Waals surface area contributed by atoms with E-state index in [0.29, 0.717) is 0 Å². The average molecular weight is 227 g/mol. The van der Waals surface area contributed by atoms with Crippen LogP contribution in [0.5, 0.6) is 0 Å². The Morgan fingerprint density at radius 3 is 2.75 bits per heavy atom. The Labute approximate surface area is 99.9 Å². The number of aromatic nitrogens is 1. The van der Waals surface area contributed by atoms with Gasteiger partial charge in [-0.1, -0.05) is 24.3 Å². The van der Waals surface area contributed by atoms with Crippen LogP contribution in [0.15, 0.2) is 47.5 Å². The Morgan fingerprint density at radius 2 is 1.88 bits per heavy atom. The highest BCUT2D eigenvalue weighted by atomic mass is 32.2. The number of pyridine rings is 1. The van der Waals surface area contributed by atoms with Crippen molar-refractivity contribution >= 4 is 11.8 Å². The van der Waals surface area contributed by atoms with Crippen molar-refractivity contribution in [2.75, 3.05) is 0 Å². The highest BCUT2D eigenvalue weighted by Gasteiger charge is 2.31. The zero-order valence-electron chi connectivity index (χ0n) is 9.40. The fraction of sp³-hybridized carbons (Fsp3) is 0.214. The lowest BCUT2D eigenvalue weighted by Crippen LogP contribution is -2.17. The quantitative estimate of drug-likeness (QED) is 0.672. The molecule has 0 saturated carbocycles. The molecular formula is C14H13NS. The lowest BCUT2D eigenvalue weighted by Gasteiger charge is -2.32. The first kappa shape index (κ1) is 9.91. The average Bonchev–Trinajstić information content (AvgIpc) is 2.29. The van der Waals surface area contributed by atoms with E-state index in [0.717, 1.165) is 5.69 Å². The van der Waals surface area contributed by atoms with E-state index in [4.69, 9.17) is 0 Å². The van der Waals surface area contributed by atoms with Crippen molar-refractivity contribution in [1.82, 2.24) is 4.98 Å². The van der Waals surface area contributed by atoms with Crippen molar-refractivity contribution in [3.63, 3.8) is 0 Å². The van der Waals surface area contributed by atoms with Gasteiger partial charge in [-0.3, -0.25) is 4.98 Å². The first-order chi connectivity index (χ1) is 7.68. The minimum atomic E-state index is 0.132. The van der Waals surface area contributed by atoms with E-state index in [9.17, 15) is 0 Å². The molecule has 0 bridgehead atoms. The van der Waals surface area contributed by atoms with E-state index in [1.807, 2.05) is 24.0 Å². The minimum Gasteiger partial charge on any atom is -0.255 e. The molecule has 1 aromatic heterocycles. The second-order valence-electron chi connectivity index (χ2n) is 4.51. The van der Waals surface area contributed by atoms with Crippen molar-refractivity contribution in [3.8, 4) is 11.3 Å². The predicted molar refractivity (Wildman–Crippen MR) is 68.6 cm³/mol. The molecular weight excluding hydrogens is 214 g/mol. The number of benzene rings is 1. The molecule has 16 heavy (non-hydrogen) atoms. The van der Waals surface area contributed by atoms with Crippen molar-refractivity contribution in [2.45, 2.75) is 23.5 Å². The van der Waals surface area contributed by atoms with E-state index in [2.05, 4.69) is 49.2 Å². The van der Waals surface area contributed by atoms with Gasteiger partial charge in [0.1, 0.15) is 0 Å². The molecule has 0 atom stereocenters. The van der Waals surface area contributed by atoms with E-state index in [-0.39, 0.29) is 4.75 Å². The molecule has 0 saturated heterocycles. The van der Waals surface area contributed by atoms with E-state index in [1.54, 1.807) is 0 Å². The summed E-state index contributed by atoms with van der Waals surface area (Å²) in [6.07, 6.45) is 1.87. The number of hydrogen-bond donors (Lipinski definition) is 0. The monoisotopic (exact) mass is 227 g/mol. The van der Waals surface area contributed by atoms with Gasteiger partial charge in [0.2, 0.25) is 0 Å². The SMILES string of the molecule is CC1(C)Sc2cccnc2-c2ccccc21. The summed E-state index contributed by atoms with van der Waals surface area (Å²) in [4.78, 5) is 5.79. The third-order valence-electron chi connectivity index (χ3n) is 2.97. The van der Waals surface area contributed by atoms with Gasteiger partial charge in [0, 0.05) is 21.4 Å². The van der Waals surface area contributed by atoms with Gasteiger partial charge >= 0.3 is 0 Å². The van der Waals surface area contributed by atoms with Crippen LogP contribution in [0.1, 0.15) is 19.4 Å². The van der Waals surface area contributed by atoms with Crippen LogP contribution in [-0.2, 0) is 4.75 Å². The Morgan fingerprint density at radius 1 is 1.06 bits per heavy atom. The van der Waals surface area contributed by atoms with Crippen LogP contribution in [0.25, 0.3) is 11.3 Å². The Bertz CT molecular complexity index is 546. The van der Waals surface area contributed by atoms with Gasteiger partial charge in [-0.05, 0) is 31.5 Å². The smallest absolute Gasteiger partial charge is 0.0841 e. The summed E-state index contributed by atoms with van der Waals surface area (Å²) < 4.78 is 0.132. The van der Waals surface area contributed by atoms with Crippen molar-refractivity contribution in [3.05, 3.63) is 48.2 Å². The third-order valence-corrected chi connectivity index (χ3v) is 4.25. The van der Waals surface area contributed by atoms with Gasteiger partial charge in [0.25, 0.3) is 0 Å².